The van der Waals surface area contributed by atoms with Crippen molar-refractivity contribution in [2.75, 3.05) is 0 Å². The maximum atomic E-state index is 13.3. The van der Waals surface area contributed by atoms with Crippen LogP contribution in [0.1, 0.15) is 34.3 Å². The molecular formula is C23H17ClO3. The molecule has 134 valence electrons. The Balaban J connectivity index is 1.91. The maximum absolute atomic E-state index is 13.3. The first kappa shape index (κ1) is 17.5. The van der Waals surface area contributed by atoms with Crippen LogP contribution in [0.2, 0.25) is 5.02 Å². The van der Waals surface area contributed by atoms with Crippen molar-refractivity contribution in [1.29, 1.82) is 0 Å². The van der Waals surface area contributed by atoms with Gasteiger partial charge in [0.15, 0.2) is 5.78 Å². The van der Waals surface area contributed by atoms with Crippen molar-refractivity contribution >= 4 is 23.2 Å². The van der Waals surface area contributed by atoms with Gasteiger partial charge in [-0.05, 0) is 31.2 Å². The highest BCUT2D eigenvalue weighted by Crippen LogP contribution is 2.48. The molecule has 0 N–H and O–H groups in total. The summed E-state index contributed by atoms with van der Waals surface area (Å²) in [5, 5.41) is 0.538. The maximum Gasteiger partial charge on any atom is 0.174 e. The van der Waals surface area contributed by atoms with E-state index in [0.717, 1.165) is 11.1 Å². The van der Waals surface area contributed by atoms with E-state index in [1.54, 1.807) is 42.5 Å². The summed E-state index contributed by atoms with van der Waals surface area (Å²) < 4.78 is 6.00. The Hall–Kier alpha value is -2.91. The van der Waals surface area contributed by atoms with Crippen LogP contribution in [0.4, 0.5) is 0 Å². The lowest BCUT2D eigenvalue weighted by Gasteiger charge is -2.32. The summed E-state index contributed by atoms with van der Waals surface area (Å²) in [4.78, 5) is 26.0. The minimum atomic E-state index is -0.852. The Labute approximate surface area is 162 Å². The van der Waals surface area contributed by atoms with Crippen LogP contribution >= 0.6 is 11.6 Å². The minimum Gasteiger partial charge on any atom is -0.457 e. The van der Waals surface area contributed by atoms with E-state index < -0.39 is 11.8 Å². The number of hydrogen-bond acceptors (Lipinski definition) is 3. The molecule has 27 heavy (non-hydrogen) atoms. The summed E-state index contributed by atoms with van der Waals surface area (Å²) in [7, 11) is 0. The lowest BCUT2D eigenvalue weighted by Crippen LogP contribution is -2.31. The Morgan fingerprint density at radius 1 is 0.889 bits per heavy atom. The topological polar surface area (TPSA) is 43.4 Å². The fraction of sp³-hybridized carbons (Fsp3) is 0.130. The van der Waals surface area contributed by atoms with Gasteiger partial charge in [-0.2, -0.15) is 0 Å². The number of carbonyl (C=O) groups is 2. The predicted octanol–water partition coefficient (Wildman–Crippen LogP) is 5.67. The number of Topliss-reactive ketones (excluding diaryl/α,β-unsaturated/α-hetero) is 2. The summed E-state index contributed by atoms with van der Waals surface area (Å²) in [6.07, 6.45) is 0. The summed E-state index contributed by atoms with van der Waals surface area (Å²) in [5.41, 5.74) is 2.09. The third kappa shape index (κ3) is 3.15. The van der Waals surface area contributed by atoms with Crippen molar-refractivity contribution in [3.05, 3.63) is 94.5 Å². The molecule has 3 nitrogen and oxygen atoms in total. The molecule has 1 aliphatic rings. The quantitative estimate of drug-likeness (QED) is 0.435. The average Bonchev–Trinajstić information content (AvgIpc) is 2.68. The van der Waals surface area contributed by atoms with Crippen LogP contribution < -0.4 is 4.74 Å². The zero-order valence-corrected chi connectivity index (χ0v) is 15.4. The van der Waals surface area contributed by atoms with E-state index in [9.17, 15) is 9.59 Å². The molecule has 3 aromatic rings. The second-order valence-electron chi connectivity index (χ2n) is 6.62. The molecule has 2 atom stereocenters. The summed E-state index contributed by atoms with van der Waals surface area (Å²) in [5.74, 6) is -0.407. The van der Waals surface area contributed by atoms with Gasteiger partial charge in [-0.1, -0.05) is 60.1 Å². The van der Waals surface area contributed by atoms with Crippen molar-refractivity contribution in [3.63, 3.8) is 0 Å². The molecule has 0 radical (unpaired) electrons. The molecule has 0 aliphatic carbocycles. The monoisotopic (exact) mass is 376 g/mol. The molecule has 0 saturated heterocycles. The number of fused-ring (bicyclic) bond motifs is 2. The van der Waals surface area contributed by atoms with E-state index in [-0.39, 0.29) is 11.6 Å². The van der Waals surface area contributed by atoms with E-state index in [4.69, 9.17) is 16.3 Å². The molecule has 3 aromatic carbocycles. The van der Waals surface area contributed by atoms with Crippen LogP contribution in [-0.2, 0) is 4.79 Å². The van der Waals surface area contributed by atoms with Gasteiger partial charge in [-0.15, -0.1) is 0 Å². The number of rotatable bonds is 4. The highest BCUT2D eigenvalue weighted by atomic mass is 35.5. The molecular weight excluding hydrogens is 360 g/mol. The van der Waals surface area contributed by atoms with Crippen molar-refractivity contribution in [1.82, 2.24) is 0 Å². The molecule has 2 unspecified atom stereocenters. The first-order chi connectivity index (χ1) is 13.1. The predicted molar refractivity (Wildman–Crippen MR) is 105 cm³/mol. The van der Waals surface area contributed by atoms with E-state index in [2.05, 4.69) is 0 Å². The molecule has 1 aliphatic heterocycles. The van der Waals surface area contributed by atoms with Gasteiger partial charge in [0.25, 0.3) is 0 Å². The van der Waals surface area contributed by atoms with Gasteiger partial charge < -0.3 is 4.74 Å². The fourth-order valence-electron chi connectivity index (χ4n) is 3.68. The van der Waals surface area contributed by atoms with E-state index in [1.165, 1.54) is 6.92 Å². The molecule has 1 heterocycles. The van der Waals surface area contributed by atoms with Crippen LogP contribution in [0.25, 0.3) is 0 Å². The molecule has 4 rings (SSSR count). The van der Waals surface area contributed by atoms with Gasteiger partial charge in [0, 0.05) is 27.6 Å². The van der Waals surface area contributed by atoms with Crippen molar-refractivity contribution < 1.29 is 14.3 Å². The largest absolute Gasteiger partial charge is 0.457 e. The second kappa shape index (κ2) is 7.01. The van der Waals surface area contributed by atoms with E-state index in [0.29, 0.717) is 22.1 Å². The number of ether oxygens (including phenoxy) is 1. The molecule has 0 bridgehead atoms. The van der Waals surface area contributed by atoms with Crippen molar-refractivity contribution in [2.45, 2.75) is 12.8 Å². The Kier molecular flexibility index (Phi) is 4.54. The normalized spacial score (nSPS) is 15.9. The second-order valence-corrected chi connectivity index (χ2v) is 7.05. The van der Waals surface area contributed by atoms with Gasteiger partial charge in [0.05, 0.1) is 5.92 Å². The van der Waals surface area contributed by atoms with E-state index >= 15 is 0 Å². The van der Waals surface area contributed by atoms with Gasteiger partial charge in [0.2, 0.25) is 0 Å². The number of para-hydroxylation sites is 1. The van der Waals surface area contributed by atoms with Gasteiger partial charge in [-0.25, -0.2) is 0 Å². The number of ketones is 2. The van der Waals surface area contributed by atoms with Crippen LogP contribution in [0.15, 0.2) is 72.8 Å². The minimum absolute atomic E-state index is 0.184. The smallest absolute Gasteiger partial charge is 0.174 e. The lowest BCUT2D eigenvalue weighted by atomic mass is 9.74. The van der Waals surface area contributed by atoms with Gasteiger partial charge in [0.1, 0.15) is 17.3 Å². The lowest BCUT2D eigenvalue weighted by molar-refractivity contribution is -0.119. The zero-order valence-electron chi connectivity index (χ0n) is 14.7. The van der Waals surface area contributed by atoms with Crippen LogP contribution in [0, 0.1) is 5.92 Å². The molecule has 0 saturated carbocycles. The van der Waals surface area contributed by atoms with Crippen LogP contribution in [-0.4, -0.2) is 11.6 Å². The van der Waals surface area contributed by atoms with Gasteiger partial charge >= 0.3 is 0 Å². The van der Waals surface area contributed by atoms with Crippen molar-refractivity contribution in [3.8, 4) is 11.5 Å². The molecule has 0 fully saturated rings. The standard InChI is InChI=1S/C23H17ClO3/c1-14(25)21(23(26)15-7-3-2-4-8-15)22-17-9-5-6-10-19(17)27-20-12-11-16(24)13-18(20)22/h2-13,21-22H,1H3. The van der Waals surface area contributed by atoms with Crippen LogP contribution in [0.5, 0.6) is 11.5 Å². The van der Waals surface area contributed by atoms with Crippen molar-refractivity contribution in [2.24, 2.45) is 5.92 Å². The van der Waals surface area contributed by atoms with E-state index in [1.807, 2.05) is 30.3 Å². The summed E-state index contributed by atoms with van der Waals surface area (Å²) >= 11 is 6.22. The summed E-state index contributed by atoms with van der Waals surface area (Å²) in [6.45, 7) is 1.47. The first-order valence-corrected chi connectivity index (χ1v) is 9.10. The Bertz CT molecular complexity index is 1030. The number of hydrogen-bond donors (Lipinski definition) is 0. The number of halogens is 1. The Morgan fingerprint density at radius 3 is 2.30 bits per heavy atom. The van der Waals surface area contributed by atoms with Crippen LogP contribution in [0.3, 0.4) is 0 Å². The molecule has 0 aromatic heterocycles. The highest BCUT2D eigenvalue weighted by Gasteiger charge is 2.40. The third-order valence-corrected chi connectivity index (χ3v) is 5.13. The van der Waals surface area contributed by atoms with Gasteiger partial charge in [-0.3, -0.25) is 9.59 Å². The SMILES string of the molecule is CC(=O)C(C(=O)c1ccccc1)C1c2ccccc2Oc2ccc(Cl)cc21. The average molecular weight is 377 g/mol. The number of carbonyl (C=O) groups excluding carboxylic acids is 2. The first-order valence-electron chi connectivity index (χ1n) is 8.72. The fourth-order valence-corrected chi connectivity index (χ4v) is 3.86. The highest BCUT2D eigenvalue weighted by molar-refractivity contribution is 6.30. The molecule has 0 spiro atoms. The third-order valence-electron chi connectivity index (χ3n) is 4.89. The molecule has 0 amide bonds. The summed E-state index contributed by atoms with van der Waals surface area (Å²) in [6, 6.07) is 21.7. The Morgan fingerprint density at radius 2 is 1.56 bits per heavy atom. The zero-order chi connectivity index (χ0) is 19.0. The molecule has 4 heteroatoms. The number of benzene rings is 3.